The van der Waals surface area contributed by atoms with Gasteiger partial charge in [0, 0.05) is 17.8 Å². The molecule has 5 rings (SSSR count). The lowest BCUT2D eigenvalue weighted by atomic mass is 9.34. The Kier molecular flexibility index (Phi) is 9.33. The predicted molar refractivity (Wildman–Crippen MR) is 173 cm³/mol. The van der Waals surface area contributed by atoms with E-state index in [-0.39, 0.29) is 28.6 Å². The third-order valence-electron chi connectivity index (χ3n) is 14.7. The van der Waals surface area contributed by atoms with E-state index in [1.807, 2.05) is 0 Å². The maximum atomic E-state index is 13.3. The first-order chi connectivity index (χ1) is 21.8. The average Bonchev–Trinajstić information content (AvgIpc) is 2.99. The molecule has 1 unspecified atom stereocenters. The van der Waals surface area contributed by atoms with E-state index in [0.29, 0.717) is 32.0 Å². The average molecular weight is 663 g/mol. The van der Waals surface area contributed by atoms with Gasteiger partial charge in [0.2, 0.25) is 5.60 Å². The number of carbonyl (C=O) groups is 3. The molecule has 0 spiro atoms. The second-order valence-electron chi connectivity index (χ2n) is 17.1. The van der Waals surface area contributed by atoms with Gasteiger partial charge in [0.15, 0.2) is 0 Å². The standard InChI is InChI=1S/C37H58O10/c1-21(2)22(3)32(5)14-15-34(7)24-10-11-27-33(6)18-45-19-36(27,25(24)12-13-35(34,8)28(32)30(40)41)16-26(47-23(4)39)29(33)46-20-37(43,17-38)31(42)44-9/h12,21-22,24,26-29,38,43H,10-11,13-20H2,1-9H3,(H,40,41)/t22-,24+,26-,27+,28-,29+,32-,33-,34-,35+,36+,37?/m1/s1. The number of allylic oxidation sites excluding steroid dienone is 1. The van der Waals surface area contributed by atoms with Crippen molar-refractivity contribution < 1.29 is 48.7 Å². The number of rotatable bonds is 9. The van der Waals surface area contributed by atoms with Gasteiger partial charge in [-0.3, -0.25) is 9.59 Å². The number of ether oxygens (including phenoxy) is 4. The van der Waals surface area contributed by atoms with Crippen LogP contribution in [0.15, 0.2) is 11.6 Å². The smallest absolute Gasteiger partial charge is 0.342 e. The lowest BCUT2D eigenvalue weighted by molar-refractivity contribution is -0.274. The number of aliphatic hydroxyl groups is 2. The van der Waals surface area contributed by atoms with Gasteiger partial charge in [-0.05, 0) is 78.4 Å². The lowest BCUT2D eigenvalue weighted by Gasteiger charge is -2.71. The Hall–Kier alpha value is -2.01. The molecule has 5 aliphatic rings. The van der Waals surface area contributed by atoms with Gasteiger partial charge in [0.25, 0.3) is 0 Å². The van der Waals surface area contributed by atoms with Gasteiger partial charge in [-0.25, -0.2) is 4.79 Å². The monoisotopic (exact) mass is 662 g/mol. The number of hydrogen-bond donors (Lipinski definition) is 3. The quantitative estimate of drug-likeness (QED) is 0.233. The van der Waals surface area contributed by atoms with E-state index in [4.69, 9.17) is 18.9 Å². The fraction of sp³-hybridized carbons (Fsp3) is 0.865. The molecule has 0 radical (unpaired) electrons. The molecule has 1 saturated heterocycles. The van der Waals surface area contributed by atoms with Gasteiger partial charge in [-0.1, -0.05) is 60.1 Å². The molecule has 3 N–H and O–H groups in total. The number of hydrogen-bond acceptors (Lipinski definition) is 9. The van der Waals surface area contributed by atoms with Crippen molar-refractivity contribution in [2.45, 2.75) is 112 Å². The number of aliphatic carboxylic acids is 1. The molecule has 47 heavy (non-hydrogen) atoms. The van der Waals surface area contributed by atoms with Gasteiger partial charge < -0.3 is 34.3 Å². The second kappa shape index (κ2) is 12.1. The Morgan fingerprint density at radius 1 is 1.06 bits per heavy atom. The minimum Gasteiger partial charge on any atom is -0.481 e. The highest BCUT2D eigenvalue weighted by atomic mass is 16.6. The van der Waals surface area contributed by atoms with Crippen molar-refractivity contribution in [3.8, 4) is 0 Å². The van der Waals surface area contributed by atoms with Crippen LogP contribution in [0.1, 0.15) is 93.9 Å². The minimum absolute atomic E-state index is 0.0986. The number of carboxylic acid groups (broad SMARTS) is 1. The summed E-state index contributed by atoms with van der Waals surface area (Å²) in [7, 11) is 1.13. The number of esters is 2. The normalized spacial score (nSPS) is 44.5. The molecule has 266 valence electrons. The number of fused-ring (bicyclic) bond motifs is 3. The molecular weight excluding hydrogens is 604 g/mol. The molecule has 0 amide bonds. The molecule has 12 atom stereocenters. The lowest BCUT2D eigenvalue weighted by Crippen LogP contribution is -2.70. The van der Waals surface area contributed by atoms with Crippen molar-refractivity contribution in [2.75, 3.05) is 33.5 Å². The maximum Gasteiger partial charge on any atom is 0.342 e. The maximum absolute atomic E-state index is 13.3. The summed E-state index contributed by atoms with van der Waals surface area (Å²) in [5, 5.41) is 31.7. The summed E-state index contributed by atoms with van der Waals surface area (Å²) < 4.78 is 23.5. The topological polar surface area (TPSA) is 149 Å². The fourth-order valence-electron chi connectivity index (χ4n) is 11.8. The number of aliphatic hydroxyl groups excluding tert-OH is 1. The Bertz CT molecular complexity index is 1300. The highest BCUT2D eigenvalue weighted by Crippen LogP contribution is 2.75. The summed E-state index contributed by atoms with van der Waals surface area (Å²) in [6, 6.07) is 0. The molecule has 0 aromatic heterocycles. The first-order valence-corrected chi connectivity index (χ1v) is 17.5. The molecule has 2 bridgehead atoms. The van der Waals surface area contributed by atoms with Crippen molar-refractivity contribution in [2.24, 2.45) is 56.7 Å². The SMILES string of the molecule is COC(=O)C(O)(CO)CO[C@H]1[C@H](OC(C)=O)C[C@@]23COC[C@]1(C)[C@@H]2CC[C@H]1C3=CC[C@@]2(C)[C@H](C(=O)O)[C@@](C)([C@H](C)C(C)C)CC[C@]12C. The molecular formula is C37H58O10. The fourth-order valence-corrected chi connectivity index (χ4v) is 11.8. The van der Waals surface area contributed by atoms with Crippen LogP contribution in [0.4, 0.5) is 0 Å². The van der Waals surface area contributed by atoms with Crippen LogP contribution in [-0.2, 0) is 33.3 Å². The van der Waals surface area contributed by atoms with E-state index in [1.54, 1.807) is 0 Å². The Morgan fingerprint density at radius 2 is 1.74 bits per heavy atom. The Morgan fingerprint density at radius 3 is 2.32 bits per heavy atom. The summed E-state index contributed by atoms with van der Waals surface area (Å²) in [4.78, 5) is 38.2. The molecule has 1 heterocycles. The summed E-state index contributed by atoms with van der Waals surface area (Å²) in [6.45, 7) is 16.2. The van der Waals surface area contributed by atoms with E-state index in [9.17, 15) is 29.7 Å². The van der Waals surface area contributed by atoms with Crippen molar-refractivity contribution in [1.82, 2.24) is 0 Å². The van der Waals surface area contributed by atoms with Crippen molar-refractivity contribution >= 4 is 17.9 Å². The summed E-state index contributed by atoms with van der Waals surface area (Å²) >= 11 is 0. The van der Waals surface area contributed by atoms with Crippen molar-refractivity contribution in [3.63, 3.8) is 0 Å². The molecule has 4 fully saturated rings. The van der Waals surface area contributed by atoms with E-state index in [2.05, 4.69) is 54.5 Å². The van der Waals surface area contributed by atoms with Crippen LogP contribution >= 0.6 is 0 Å². The number of carbonyl (C=O) groups excluding carboxylic acids is 2. The van der Waals surface area contributed by atoms with Crippen LogP contribution in [0.2, 0.25) is 0 Å². The zero-order valence-corrected chi connectivity index (χ0v) is 29.9. The van der Waals surface area contributed by atoms with Crippen LogP contribution in [0.5, 0.6) is 0 Å². The third-order valence-corrected chi connectivity index (χ3v) is 14.7. The van der Waals surface area contributed by atoms with E-state index in [0.717, 1.165) is 32.8 Å². The first-order valence-electron chi connectivity index (χ1n) is 17.5. The second-order valence-corrected chi connectivity index (χ2v) is 17.1. The van der Waals surface area contributed by atoms with Crippen LogP contribution in [-0.4, -0.2) is 84.6 Å². The van der Waals surface area contributed by atoms with Gasteiger partial charge in [-0.2, -0.15) is 0 Å². The molecule has 10 nitrogen and oxygen atoms in total. The van der Waals surface area contributed by atoms with Gasteiger partial charge >= 0.3 is 17.9 Å². The summed E-state index contributed by atoms with van der Waals surface area (Å²) in [6.07, 6.45) is 5.59. The largest absolute Gasteiger partial charge is 0.481 e. The highest BCUT2D eigenvalue weighted by Gasteiger charge is 2.72. The minimum atomic E-state index is -2.26. The number of methoxy groups -OCH3 is 1. The zero-order valence-electron chi connectivity index (χ0n) is 29.9. The van der Waals surface area contributed by atoms with Crippen LogP contribution < -0.4 is 0 Å². The van der Waals surface area contributed by atoms with Crippen molar-refractivity contribution in [3.05, 3.63) is 11.6 Å². The zero-order chi connectivity index (χ0) is 35.0. The van der Waals surface area contributed by atoms with Gasteiger partial charge in [-0.15, -0.1) is 0 Å². The van der Waals surface area contributed by atoms with Gasteiger partial charge in [0.1, 0.15) is 12.2 Å². The Labute approximate surface area is 279 Å². The van der Waals surface area contributed by atoms with Crippen molar-refractivity contribution in [1.29, 1.82) is 0 Å². The van der Waals surface area contributed by atoms with Crippen LogP contribution in [0.3, 0.4) is 0 Å². The van der Waals surface area contributed by atoms with E-state index < -0.39 is 71.1 Å². The Balaban J connectivity index is 1.57. The molecule has 3 saturated carbocycles. The van der Waals surface area contributed by atoms with Crippen LogP contribution in [0.25, 0.3) is 0 Å². The molecule has 0 aromatic carbocycles. The van der Waals surface area contributed by atoms with E-state index in [1.165, 1.54) is 12.5 Å². The molecule has 4 aliphatic carbocycles. The first kappa shape index (κ1) is 36.3. The highest BCUT2D eigenvalue weighted by molar-refractivity contribution is 5.79. The molecule has 0 aromatic rings. The molecule has 1 aliphatic heterocycles. The van der Waals surface area contributed by atoms with E-state index >= 15 is 0 Å². The molecule has 10 heteroatoms. The summed E-state index contributed by atoms with van der Waals surface area (Å²) in [5.41, 5.74) is -3.09. The predicted octanol–water partition coefficient (Wildman–Crippen LogP) is 4.79. The number of carboxylic acids is 1. The summed E-state index contributed by atoms with van der Waals surface area (Å²) in [5.74, 6) is -1.79. The third kappa shape index (κ3) is 5.13. The van der Waals surface area contributed by atoms with Crippen LogP contribution in [0, 0.1) is 56.7 Å². The van der Waals surface area contributed by atoms with Gasteiger partial charge in [0.05, 0.1) is 39.5 Å².